The summed E-state index contributed by atoms with van der Waals surface area (Å²) in [5.41, 5.74) is 1.17. The normalized spacial score (nSPS) is 24.2. The van der Waals surface area contributed by atoms with E-state index in [0.717, 1.165) is 25.8 Å². The lowest BCUT2D eigenvalue weighted by atomic mass is 10.0. The highest BCUT2D eigenvalue weighted by molar-refractivity contribution is 5.82. The van der Waals surface area contributed by atoms with E-state index in [-0.39, 0.29) is 18.1 Å². The van der Waals surface area contributed by atoms with Crippen LogP contribution in [0.15, 0.2) is 30.3 Å². The van der Waals surface area contributed by atoms with Crippen molar-refractivity contribution < 1.29 is 14.6 Å². The minimum absolute atomic E-state index is 0.0809. The number of nitrogens with zero attached hydrogens (tertiary/aromatic N) is 2. The predicted octanol–water partition coefficient (Wildman–Crippen LogP) is 1.22. The summed E-state index contributed by atoms with van der Waals surface area (Å²) in [6.07, 6.45) is 3.07. The molecule has 2 rings (SSSR count). The Morgan fingerprint density at radius 2 is 1.96 bits per heavy atom. The molecule has 1 aliphatic rings. The fourth-order valence-corrected chi connectivity index (χ4v) is 3.67. The van der Waals surface area contributed by atoms with Crippen LogP contribution in [0.25, 0.3) is 0 Å². The number of likely N-dealkylation sites (N-methyl/N-ethyl adjacent to an activating group) is 1. The molecule has 1 heterocycles. The van der Waals surface area contributed by atoms with E-state index in [4.69, 9.17) is 9.84 Å². The maximum Gasteiger partial charge on any atom is 0.265 e. The molecule has 27 heavy (non-hydrogen) atoms. The van der Waals surface area contributed by atoms with Crippen molar-refractivity contribution in [1.29, 1.82) is 0 Å². The zero-order valence-corrected chi connectivity index (χ0v) is 17.1. The first-order valence-electron chi connectivity index (χ1n) is 9.91. The lowest BCUT2D eigenvalue weighted by molar-refractivity contribution is -0.173. The molecule has 1 saturated heterocycles. The summed E-state index contributed by atoms with van der Waals surface area (Å²) in [7, 11) is 6.00. The highest BCUT2D eigenvalue weighted by Crippen LogP contribution is 2.21. The van der Waals surface area contributed by atoms with E-state index in [1.165, 1.54) is 5.56 Å². The average molecular weight is 379 g/mol. The smallest absolute Gasteiger partial charge is 0.265 e. The van der Waals surface area contributed by atoms with Gasteiger partial charge in [0.05, 0.1) is 18.6 Å². The molecule has 6 heteroatoms. The highest BCUT2D eigenvalue weighted by Gasteiger charge is 2.30. The molecule has 1 aromatic carbocycles. The van der Waals surface area contributed by atoms with Gasteiger partial charge in [-0.3, -0.25) is 9.69 Å². The van der Waals surface area contributed by atoms with Crippen LogP contribution in [0.2, 0.25) is 0 Å². The van der Waals surface area contributed by atoms with Crippen LogP contribution in [0, 0.1) is 0 Å². The molecule has 0 radical (unpaired) electrons. The minimum atomic E-state index is -0.417. The minimum Gasteiger partial charge on any atom is -0.421 e. The first-order valence-corrected chi connectivity index (χ1v) is 9.91. The number of ether oxygens (including phenoxy) is 1. The Labute approximate surface area is 163 Å². The molecule has 0 bridgehead atoms. The monoisotopic (exact) mass is 378 g/mol. The molecule has 3 N–H and O–H groups in total. The molecular formula is C21H36N3O3+. The number of hydrogen-bond donors (Lipinski definition) is 1. The van der Waals surface area contributed by atoms with Gasteiger partial charge < -0.3 is 20.1 Å². The van der Waals surface area contributed by atoms with Crippen molar-refractivity contribution in [3.05, 3.63) is 35.9 Å². The van der Waals surface area contributed by atoms with Gasteiger partial charge in [0.25, 0.3) is 6.29 Å². The molecule has 152 valence electrons. The van der Waals surface area contributed by atoms with Gasteiger partial charge in [-0.1, -0.05) is 30.3 Å². The number of carbonyl (C=O) groups is 1. The Morgan fingerprint density at radius 3 is 2.59 bits per heavy atom. The van der Waals surface area contributed by atoms with Crippen molar-refractivity contribution in [1.82, 2.24) is 15.1 Å². The van der Waals surface area contributed by atoms with Crippen LogP contribution in [0.4, 0.5) is 0 Å². The van der Waals surface area contributed by atoms with Gasteiger partial charge in [-0.05, 0) is 59.4 Å². The summed E-state index contributed by atoms with van der Waals surface area (Å²) < 4.78 is 5.50. The number of carbonyl (C=O) groups excluding carboxylic acids is 1. The van der Waals surface area contributed by atoms with Crippen molar-refractivity contribution in [3.63, 3.8) is 0 Å². The molecule has 0 aliphatic carbocycles. The number of benzene rings is 1. The summed E-state index contributed by atoms with van der Waals surface area (Å²) in [6.45, 7) is 3.62. The molecule has 1 aromatic rings. The Hall–Kier alpha value is -1.47. The van der Waals surface area contributed by atoms with Crippen LogP contribution in [0.5, 0.6) is 0 Å². The first kappa shape index (κ1) is 21.8. The van der Waals surface area contributed by atoms with Gasteiger partial charge in [0.2, 0.25) is 5.91 Å². The van der Waals surface area contributed by atoms with E-state index >= 15 is 0 Å². The third-order valence-corrected chi connectivity index (χ3v) is 5.29. The molecular weight excluding hydrogens is 342 g/mol. The quantitative estimate of drug-likeness (QED) is 0.518. The Bertz CT molecular complexity index is 557. The molecule has 0 aromatic heterocycles. The van der Waals surface area contributed by atoms with Gasteiger partial charge in [-0.25, -0.2) is 0 Å². The molecule has 1 fully saturated rings. The predicted molar refractivity (Wildman–Crippen MR) is 109 cm³/mol. The van der Waals surface area contributed by atoms with Crippen molar-refractivity contribution in [3.8, 4) is 0 Å². The van der Waals surface area contributed by atoms with E-state index in [1.54, 1.807) is 0 Å². The van der Waals surface area contributed by atoms with Gasteiger partial charge in [-0.15, -0.1) is 0 Å². The summed E-state index contributed by atoms with van der Waals surface area (Å²) in [6, 6.07) is 10.4. The Kier molecular flexibility index (Phi) is 8.70. The van der Waals surface area contributed by atoms with Gasteiger partial charge in [-0.2, -0.15) is 0 Å². The number of hydrogen-bond acceptors (Lipinski definition) is 4. The molecule has 1 amide bonds. The van der Waals surface area contributed by atoms with Crippen LogP contribution in [-0.4, -0.2) is 79.5 Å². The van der Waals surface area contributed by atoms with E-state index in [2.05, 4.69) is 29.4 Å². The lowest BCUT2D eigenvalue weighted by Gasteiger charge is -2.34. The lowest BCUT2D eigenvalue weighted by Crippen LogP contribution is -2.46. The summed E-state index contributed by atoms with van der Waals surface area (Å²) in [5, 5.41) is 11.0. The maximum absolute atomic E-state index is 12.6. The van der Waals surface area contributed by atoms with Crippen LogP contribution in [0.3, 0.4) is 0 Å². The second kappa shape index (κ2) is 10.8. The van der Waals surface area contributed by atoms with Crippen LogP contribution in [-0.2, 0) is 16.0 Å². The zero-order chi connectivity index (χ0) is 19.8. The highest BCUT2D eigenvalue weighted by atomic mass is 16.6. The van der Waals surface area contributed by atoms with E-state index in [1.807, 2.05) is 44.1 Å². The molecule has 0 unspecified atom stereocenters. The Balaban J connectivity index is 1.73. The standard InChI is InChI=1S/C21H35N3O3/c1-16-13-18(15-20(25)27-16)24(4)12-8-11-22-21(26)19(23(2)3)14-17-9-6-5-7-10-17/h5-7,9-10,16,18-20,25H,8,11-15H2,1-4H3,(H,22,26)/p+1/t16-,18+,19+,20-/m1/s1. The third kappa shape index (κ3) is 7.22. The van der Waals surface area contributed by atoms with Crippen LogP contribution in [0.1, 0.15) is 31.7 Å². The zero-order valence-electron chi connectivity index (χ0n) is 17.1. The van der Waals surface area contributed by atoms with E-state index < -0.39 is 6.29 Å². The van der Waals surface area contributed by atoms with Gasteiger partial charge in [0.1, 0.15) is 0 Å². The Morgan fingerprint density at radius 1 is 1.26 bits per heavy atom. The van der Waals surface area contributed by atoms with Gasteiger partial charge >= 0.3 is 0 Å². The van der Waals surface area contributed by atoms with Gasteiger partial charge in [0.15, 0.2) is 0 Å². The fraction of sp³-hybridized carbons (Fsp3) is 0.667. The van der Waals surface area contributed by atoms with Crippen LogP contribution >= 0.6 is 0 Å². The average Bonchev–Trinajstić information content (AvgIpc) is 2.62. The number of nitrogens with one attached hydrogen (secondary N) is 1. The van der Waals surface area contributed by atoms with Crippen molar-refractivity contribution in [2.24, 2.45) is 0 Å². The third-order valence-electron chi connectivity index (χ3n) is 5.29. The summed E-state index contributed by atoms with van der Waals surface area (Å²) >= 11 is 0. The van der Waals surface area contributed by atoms with Crippen molar-refractivity contribution >= 4 is 5.91 Å². The second-order valence-corrected chi connectivity index (χ2v) is 7.85. The van der Waals surface area contributed by atoms with Gasteiger partial charge in [0, 0.05) is 12.6 Å². The topological polar surface area (TPSA) is 67.7 Å². The number of amides is 1. The summed E-state index contributed by atoms with van der Waals surface area (Å²) in [4.78, 5) is 16.9. The molecule has 0 saturated carbocycles. The van der Waals surface area contributed by atoms with E-state index in [0.29, 0.717) is 19.0 Å². The SMILES string of the molecule is C[C@@H]1C[C@H](N(C)CCCNC(=O)[C@H](Cc2ccccc2)N(C)C)C[C@H]([OH2+])O1. The number of rotatable bonds is 9. The van der Waals surface area contributed by atoms with Crippen LogP contribution < -0.4 is 5.32 Å². The first-order chi connectivity index (χ1) is 12.9. The van der Waals surface area contributed by atoms with Crippen molar-refractivity contribution in [2.45, 2.75) is 57.1 Å². The largest absolute Gasteiger partial charge is 0.421 e. The summed E-state index contributed by atoms with van der Waals surface area (Å²) in [5.74, 6) is 0.0809. The van der Waals surface area contributed by atoms with Crippen molar-refractivity contribution in [2.75, 3.05) is 34.2 Å². The van der Waals surface area contributed by atoms with E-state index in [9.17, 15) is 4.79 Å². The maximum atomic E-state index is 12.6. The molecule has 4 atom stereocenters. The molecule has 0 spiro atoms. The molecule has 1 aliphatic heterocycles. The second-order valence-electron chi connectivity index (χ2n) is 7.85. The fourth-order valence-electron chi connectivity index (χ4n) is 3.67. The molecule has 6 nitrogen and oxygen atoms in total.